The van der Waals surface area contributed by atoms with Crippen LogP contribution in [0, 0.1) is 12.3 Å². The second-order valence-corrected chi connectivity index (χ2v) is 3.63. The summed E-state index contributed by atoms with van der Waals surface area (Å²) in [5.74, 6) is 1.74. The first-order valence-corrected chi connectivity index (χ1v) is 5.33. The molecule has 1 N–H and O–H groups in total. The molecule has 2 rings (SSSR count). The van der Waals surface area contributed by atoms with Crippen LogP contribution in [0.3, 0.4) is 0 Å². The standard InChI is InChI=1S/C14H11NO2/c1-3-9-10-7-5-6-8-11(10)13(16)12(9)14(17)15-4-2/h1,5-8H,4H2,2H3,(H,15,17). The molecule has 0 fully saturated rings. The predicted octanol–water partition coefficient (Wildman–Crippen LogP) is 1.41. The topological polar surface area (TPSA) is 46.2 Å². The van der Waals surface area contributed by atoms with Crippen LogP contribution >= 0.6 is 0 Å². The molecule has 3 nitrogen and oxygen atoms in total. The minimum absolute atomic E-state index is 0.0792. The summed E-state index contributed by atoms with van der Waals surface area (Å²) in [5.41, 5.74) is 1.63. The van der Waals surface area contributed by atoms with Gasteiger partial charge in [-0.2, -0.15) is 0 Å². The lowest BCUT2D eigenvalue weighted by atomic mass is 10.1. The zero-order valence-corrected chi connectivity index (χ0v) is 9.41. The van der Waals surface area contributed by atoms with Crippen LogP contribution in [0.4, 0.5) is 0 Å². The van der Waals surface area contributed by atoms with Gasteiger partial charge in [-0.25, -0.2) is 0 Å². The number of benzene rings is 1. The molecule has 0 heterocycles. The highest BCUT2D eigenvalue weighted by atomic mass is 16.2. The molecule has 0 saturated carbocycles. The molecule has 17 heavy (non-hydrogen) atoms. The summed E-state index contributed by atoms with van der Waals surface area (Å²) in [6.45, 7) is 2.25. The van der Waals surface area contributed by atoms with E-state index in [4.69, 9.17) is 6.42 Å². The molecule has 0 aromatic heterocycles. The van der Waals surface area contributed by atoms with Crippen molar-refractivity contribution in [1.82, 2.24) is 5.32 Å². The molecule has 0 atom stereocenters. The van der Waals surface area contributed by atoms with Gasteiger partial charge in [-0.05, 0) is 6.92 Å². The highest BCUT2D eigenvalue weighted by Gasteiger charge is 2.32. The van der Waals surface area contributed by atoms with E-state index in [2.05, 4.69) is 11.2 Å². The molecule has 0 bridgehead atoms. The van der Waals surface area contributed by atoms with Crippen molar-refractivity contribution in [3.63, 3.8) is 0 Å². The van der Waals surface area contributed by atoms with E-state index in [0.29, 0.717) is 23.2 Å². The van der Waals surface area contributed by atoms with E-state index in [1.165, 1.54) is 0 Å². The van der Waals surface area contributed by atoms with Crippen LogP contribution in [0.25, 0.3) is 5.57 Å². The normalized spacial score (nSPS) is 13.3. The summed E-state index contributed by atoms with van der Waals surface area (Å²) < 4.78 is 0. The van der Waals surface area contributed by atoms with Crippen molar-refractivity contribution in [2.75, 3.05) is 6.54 Å². The van der Waals surface area contributed by atoms with E-state index in [1.807, 2.05) is 0 Å². The molecule has 0 radical (unpaired) electrons. The van der Waals surface area contributed by atoms with Gasteiger partial charge >= 0.3 is 0 Å². The lowest BCUT2D eigenvalue weighted by Crippen LogP contribution is -2.27. The summed E-state index contributed by atoms with van der Waals surface area (Å²) in [7, 11) is 0. The van der Waals surface area contributed by atoms with Gasteiger partial charge in [0.1, 0.15) is 5.57 Å². The minimum atomic E-state index is -0.401. The molecule has 0 aliphatic heterocycles. The summed E-state index contributed by atoms with van der Waals surface area (Å²) in [6.07, 6.45) is 5.40. The first-order valence-electron chi connectivity index (χ1n) is 5.33. The fraction of sp³-hybridized carbons (Fsp3) is 0.143. The second kappa shape index (κ2) is 4.26. The van der Waals surface area contributed by atoms with Crippen LogP contribution in [0.15, 0.2) is 29.8 Å². The quantitative estimate of drug-likeness (QED) is 0.611. The van der Waals surface area contributed by atoms with Gasteiger partial charge in [0, 0.05) is 23.2 Å². The number of allylic oxidation sites excluding steroid dienone is 1. The van der Waals surface area contributed by atoms with Crippen LogP contribution < -0.4 is 5.32 Å². The first-order chi connectivity index (χ1) is 8.20. The fourth-order valence-electron chi connectivity index (χ4n) is 1.90. The van der Waals surface area contributed by atoms with Gasteiger partial charge in [-0.15, -0.1) is 6.42 Å². The molecular formula is C14H11NO2. The average molecular weight is 225 g/mol. The Balaban J connectivity index is 2.58. The molecule has 84 valence electrons. The van der Waals surface area contributed by atoms with E-state index >= 15 is 0 Å². The van der Waals surface area contributed by atoms with Crippen LogP contribution in [-0.2, 0) is 4.79 Å². The number of carbonyl (C=O) groups is 2. The van der Waals surface area contributed by atoms with E-state index in [-0.39, 0.29) is 11.4 Å². The number of rotatable bonds is 2. The van der Waals surface area contributed by atoms with Crippen molar-refractivity contribution < 1.29 is 9.59 Å². The zero-order valence-electron chi connectivity index (χ0n) is 9.41. The molecule has 1 amide bonds. The Morgan fingerprint density at radius 2 is 2.00 bits per heavy atom. The Kier molecular flexibility index (Phi) is 2.80. The first kappa shape index (κ1) is 11.2. The number of terminal acetylenes is 1. The maximum Gasteiger partial charge on any atom is 0.256 e. The van der Waals surface area contributed by atoms with E-state index < -0.39 is 5.91 Å². The molecule has 0 spiro atoms. The minimum Gasteiger partial charge on any atom is -0.352 e. The van der Waals surface area contributed by atoms with E-state index in [1.54, 1.807) is 31.2 Å². The summed E-state index contributed by atoms with van der Waals surface area (Å²) in [5, 5.41) is 2.60. The molecule has 1 aliphatic rings. The van der Waals surface area contributed by atoms with E-state index in [0.717, 1.165) is 0 Å². The third-order valence-corrected chi connectivity index (χ3v) is 2.63. The number of hydrogen-bond donors (Lipinski definition) is 1. The number of carbonyl (C=O) groups excluding carboxylic acids is 2. The van der Waals surface area contributed by atoms with Gasteiger partial charge in [0.15, 0.2) is 0 Å². The molecule has 3 heteroatoms. The van der Waals surface area contributed by atoms with Crippen LogP contribution in [0.1, 0.15) is 22.8 Å². The van der Waals surface area contributed by atoms with Crippen molar-refractivity contribution in [2.24, 2.45) is 0 Å². The van der Waals surface area contributed by atoms with Crippen molar-refractivity contribution in [3.05, 3.63) is 41.0 Å². The third kappa shape index (κ3) is 1.64. The van der Waals surface area contributed by atoms with E-state index in [9.17, 15) is 9.59 Å². The smallest absolute Gasteiger partial charge is 0.256 e. The monoisotopic (exact) mass is 225 g/mol. The number of hydrogen-bond acceptors (Lipinski definition) is 2. The largest absolute Gasteiger partial charge is 0.352 e. The molecule has 0 unspecified atom stereocenters. The SMILES string of the molecule is C#CC1=C(C(=O)NCC)C(=O)c2ccccc21. The molecule has 1 aliphatic carbocycles. The maximum absolute atomic E-state index is 12.1. The molecule has 1 aromatic carbocycles. The number of nitrogens with one attached hydrogen (secondary N) is 1. The summed E-state index contributed by atoms with van der Waals surface area (Å²) in [6, 6.07) is 6.99. The number of Topliss-reactive ketones (excluding diaryl/α,β-unsaturated/α-hetero) is 1. The molecule has 0 saturated heterocycles. The van der Waals surface area contributed by atoms with Gasteiger partial charge < -0.3 is 5.32 Å². The van der Waals surface area contributed by atoms with Gasteiger partial charge in [-0.3, -0.25) is 9.59 Å². The second-order valence-electron chi connectivity index (χ2n) is 3.63. The molecule has 1 aromatic rings. The Morgan fingerprint density at radius 3 is 2.59 bits per heavy atom. The van der Waals surface area contributed by atoms with Crippen molar-refractivity contribution in [2.45, 2.75) is 6.92 Å². The van der Waals surface area contributed by atoms with Crippen LogP contribution in [0.2, 0.25) is 0 Å². The highest BCUT2D eigenvalue weighted by molar-refractivity contribution is 6.36. The number of ketones is 1. The lowest BCUT2D eigenvalue weighted by molar-refractivity contribution is -0.116. The maximum atomic E-state index is 12.1. The Bertz CT molecular complexity index is 576. The van der Waals surface area contributed by atoms with Gasteiger partial charge in [0.05, 0.1) is 0 Å². The number of likely N-dealkylation sites (N-methyl/N-ethyl adjacent to an activating group) is 1. The Hall–Kier alpha value is -2.34. The molecular weight excluding hydrogens is 214 g/mol. The summed E-state index contributed by atoms with van der Waals surface area (Å²) >= 11 is 0. The number of amides is 1. The third-order valence-electron chi connectivity index (χ3n) is 2.63. The zero-order chi connectivity index (χ0) is 12.4. The fourth-order valence-corrected chi connectivity index (χ4v) is 1.90. The summed E-state index contributed by atoms with van der Waals surface area (Å²) in [4.78, 5) is 23.9. The Morgan fingerprint density at radius 1 is 1.35 bits per heavy atom. The van der Waals surface area contributed by atoms with Gasteiger partial charge in [-0.1, -0.05) is 30.2 Å². The van der Waals surface area contributed by atoms with Crippen molar-refractivity contribution in [3.8, 4) is 12.3 Å². The van der Waals surface area contributed by atoms with Gasteiger partial charge in [0.2, 0.25) is 5.78 Å². The van der Waals surface area contributed by atoms with Crippen molar-refractivity contribution in [1.29, 1.82) is 0 Å². The van der Waals surface area contributed by atoms with Crippen LogP contribution in [0.5, 0.6) is 0 Å². The highest BCUT2D eigenvalue weighted by Crippen LogP contribution is 2.32. The average Bonchev–Trinajstić information content (AvgIpc) is 2.63. The van der Waals surface area contributed by atoms with Crippen LogP contribution in [-0.4, -0.2) is 18.2 Å². The Labute approximate surface area is 99.5 Å². The lowest BCUT2D eigenvalue weighted by Gasteiger charge is -2.02. The van der Waals surface area contributed by atoms with Crippen molar-refractivity contribution >= 4 is 17.3 Å². The number of fused-ring (bicyclic) bond motifs is 1. The van der Waals surface area contributed by atoms with Gasteiger partial charge in [0.25, 0.3) is 5.91 Å². The predicted molar refractivity (Wildman–Crippen MR) is 65.2 cm³/mol.